The van der Waals surface area contributed by atoms with E-state index in [1.165, 1.54) is 5.56 Å². The van der Waals surface area contributed by atoms with Gasteiger partial charge in [-0.2, -0.15) is 11.3 Å². The van der Waals surface area contributed by atoms with Crippen LogP contribution in [-0.4, -0.2) is 13.0 Å². The summed E-state index contributed by atoms with van der Waals surface area (Å²) in [6, 6.07) is 2.06. The molecule has 0 spiro atoms. The Morgan fingerprint density at radius 2 is 2.64 bits per heavy atom. The highest BCUT2D eigenvalue weighted by atomic mass is 32.1. The Labute approximate surface area is 70.0 Å². The lowest BCUT2D eigenvalue weighted by atomic mass is 10.3. The molecule has 0 aliphatic carbocycles. The summed E-state index contributed by atoms with van der Waals surface area (Å²) < 4.78 is 0. The summed E-state index contributed by atoms with van der Waals surface area (Å²) in [5.41, 5.74) is 6.67. The number of nitrogens with one attached hydrogen (secondary N) is 1. The normalized spacial score (nSPS) is 11.5. The van der Waals surface area contributed by atoms with E-state index < -0.39 is 0 Å². The predicted octanol–water partition coefficient (Wildman–Crippen LogP) is 0.782. The van der Waals surface area contributed by atoms with Crippen LogP contribution in [0.25, 0.3) is 0 Å². The minimum Gasteiger partial charge on any atom is -0.370 e. The van der Waals surface area contributed by atoms with Crippen molar-refractivity contribution in [1.29, 1.82) is 0 Å². The Bertz CT molecular complexity index is 228. The van der Waals surface area contributed by atoms with Gasteiger partial charge in [0, 0.05) is 13.6 Å². The van der Waals surface area contributed by atoms with Crippen LogP contribution in [0.5, 0.6) is 0 Å². The summed E-state index contributed by atoms with van der Waals surface area (Å²) >= 11 is 1.68. The van der Waals surface area contributed by atoms with Gasteiger partial charge < -0.3 is 11.1 Å². The summed E-state index contributed by atoms with van der Waals surface area (Å²) in [6.07, 6.45) is 0. The largest absolute Gasteiger partial charge is 0.370 e. The maximum Gasteiger partial charge on any atom is 0.188 e. The number of hydrogen-bond donors (Lipinski definition) is 2. The van der Waals surface area contributed by atoms with Gasteiger partial charge in [-0.25, -0.2) is 0 Å². The molecule has 3 nitrogen and oxygen atoms in total. The van der Waals surface area contributed by atoms with Crippen LogP contribution in [0.2, 0.25) is 0 Å². The van der Waals surface area contributed by atoms with Crippen molar-refractivity contribution in [3.05, 3.63) is 22.4 Å². The topological polar surface area (TPSA) is 50.4 Å². The van der Waals surface area contributed by atoms with Crippen molar-refractivity contribution in [1.82, 2.24) is 5.32 Å². The van der Waals surface area contributed by atoms with Crippen molar-refractivity contribution in [2.75, 3.05) is 7.05 Å². The van der Waals surface area contributed by atoms with E-state index in [0.29, 0.717) is 5.96 Å². The zero-order chi connectivity index (χ0) is 8.10. The van der Waals surface area contributed by atoms with Crippen molar-refractivity contribution >= 4 is 17.3 Å². The van der Waals surface area contributed by atoms with Crippen molar-refractivity contribution in [3.8, 4) is 0 Å². The van der Waals surface area contributed by atoms with Crippen LogP contribution in [0.15, 0.2) is 21.8 Å². The number of nitrogens with zero attached hydrogens (tertiary/aromatic N) is 1. The van der Waals surface area contributed by atoms with E-state index in [1.54, 1.807) is 18.4 Å². The highest BCUT2D eigenvalue weighted by Gasteiger charge is 1.91. The highest BCUT2D eigenvalue weighted by Crippen LogP contribution is 2.04. The van der Waals surface area contributed by atoms with Gasteiger partial charge in [0.15, 0.2) is 5.96 Å². The standard InChI is InChI=1S/C7H11N3S/c1-9-7(8)10-4-6-2-3-11-5-6/h2-3,5H,4H2,1H3,(H3,8,9,10). The molecule has 60 valence electrons. The van der Waals surface area contributed by atoms with Crippen LogP contribution in [0.1, 0.15) is 5.56 Å². The molecule has 4 heteroatoms. The molecule has 1 aromatic heterocycles. The summed E-state index contributed by atoms with van der Waals surface area (Å²) in [5, 5.41) is 7.09. The lowest BCUT2D eigenvalue weighted by molar-refractivity contribution is 0.905. The molecule has 0 aliphatic heterocycles. The Kier molecular flexibility index (Phi) is 2.92. The zero-order valence-electron chi connectivity index (χ0n) is 6.37. The van der Waals surface area contributed by atoms with Crippen LogP contribution in [0, 0.1) is 0 Å². The lowest BCUT2D eigenvalue weighted by Crippen LogP contribution is -2.30. The second kappa shape index (κ2) is 3.98. The lowest BCUT2D eigenvalue weighted by Gasteiger charge is -2.01. The van der Waals surface area contributed by atoms with Gasteiger partial charge in [-0.05, 0) is 22.4 Å². The van der Waals surface area contributed by atoms with Gasteiger partial charge >= 0.3 is 0 Å². The van der Waals surface area contributed by atoms with E-state index in [0.717, 1.165) is 6.54 Å². The van der Waals surface area contributed by atoms with Gasteiger partial charge in [-0.1, -0.05) is 0 Å². The average Bonchev–Trinajstić information content (AvgIpc) is 2.52. The first-order valence-corrected chi connectivity index (χ1v) is 4.24. The average molecular weight is 169 g/mol. The molecule has 1 heterocycles. The van der Waals surface area contributed by atoms with E-state index in [-0.39, 0.29) is 0 Å². The molecule has 0 bridgehead atoms. The SMILES string of the molecule is CN=C(N)NCc1ccsc1. The molecule has 0 saturated heterocycles. The molecule has 1 aromatic rings. The number of hydrogen-bond acceptors (Lipinski definition) is 2. The summed E-state index contributed by atoms with van der Waals surface area (Å²) in [5.74, 6) is 0.483. The van der Waals surface area contributed by atoms with Crippen molar-refractivity contribution in [2.45, 2.75) is 6.54 Å². The highest BCUT2D eigenvalue weighted by molar-refractivity contribution is 7.07. The Balaban J connectivity index is 2.35. The Morgan fingerprint density at radius 1 is 1.82 bits per heavy atom. The molecule has 0 aliphatic rings. The maximum absolute atomic E-state index is 5.43. The molecule has 1 rings (SSSR count). The first-order chi connectivity index (χ1) is 5.33. The third-order valence-electron chi connectivity index (χ3n) is 1.29. The monoisotopic (exact) mass is 169 g/mol. The predicted molar refractivity (Wildman–Crippen MR) is 48.7 cm³/mol. The number of thiophene rings is 1. The van der Waals surface area contributed by atoms with Gasteiger partial charge in [0.2, 0.25) is 0 Å². The maximum atomic E-state index is 5.43. The summed E-state index contributed by atoms with van der Waals surface area (Å²) in [7, 11) is 1.66. The van der Waals surface area contributed by atoms with Crippen LogP contribution in [0.3, 0.4) is 0 Å². The van der Waals surface area contributed by atoms with Crippen LogP contribution in [0.4, 0.5) is 0 Å². The quantitative estimate of drug-likeness (QED) is 0.508. The Morgan fingerprint density at radius 3 is 3.18 bits per heavy atom. The second-order valence-corrected chi connectivity index (χ2v) is 2.87. The van der Waals surface area contributed by atoms with Crippen LogP contribution >= 0.6 is 11.3 Å². The first-order valence-electron chi connectivity index (χ1n) is 3.30. The minimum atomic E-state index is 0.483. The molecule has 0 amide bonds. The molecule has 0 fully saturated rings. The van der Waals surface area contributed by atoms with Gasteiger partial charge in [-0.3, -0.25) is 4.99 Å². The minimum absolute atomic E-state index is 0.483. The third-order valence-corrected chi connectivity index (χ3v) is 2.03. The molecule has 0 radical (unpaired) electrons. The van der Waals surface area contributed by atoms with Crippen LogP contribution < -0.4 is 11.1 Å². The van der Waals surface area contributed by atoms with Gasteiger partial charge in [0.1, 0.15) is 0 Å². The third kappa shape index (κ3) is 2.59. The van der Waals surface area contributed by atoms with Crippen molar-refractivity contribution in [3.63, 3.8) is 0 Å². The fourth-order valence-electron chi connectivity index (χ4n) is 0.665. The van der Waals surface area contributed by atoms with E-state index in [4.69, 9.17) is 5.73 Å². The molecule has 0 saturated carbocycles. The number of rotatable bonds is 2. The second-order valence-electron chi connectivity index (χ2n) is 2.09. The summed E-state index contributed by atoms with van der Waals surface area (Å²) in [4.78, 5) is 3.77. The number of nitrogens with two attached hydrogens (primary N) is 1. The van der Waals surface area contributed by atoms with E-state index in [2.05, 4.69) is 21.8 Å². The molecule has 0 atom stereocenters. The fraction of sp³-hybridized carbons (Fsp3) is 0.286. The van der Waals surface area contributed by atoms with Crippen LogP contribution in [-0.2, 0) is 6.54 Å². The smallest absolute Gasteiger partial charge is 0.188 e. The van der Waals surface area contributed by atoms with Crippen molar-refractivity contribution in [2.24, 2.45) is 10.7 Å². The molecule has 11 heavy (non-hydrogen) atoms. The first kappa shape index (κ1) is 8.07. The molecule has 0 unspecified atom stereocenters. The fourth-order valence-corrected chi connectivity index (χ4v) is 1.33. The molecule has 0 aromatic carbocycles. The zero-order valence-corrected chi connectivity index (χ0v) is 7.19. The van der Waals surface area contributed by atoms with E-state index in [9.17, 15) is 0 Å². The number of aliphatic imine (C=N–C) groups is 1. The number of guanidine groups is 1. The van der Waals surface area contributed by atoms with Crippen molar-refractivity contribution < 1.29 is 0 Å². The molecular weight excluding hydrogens is 158 g/mol. The van der Waals surface area contributed by atoms with E-state index >= 15 is 0 Å². The summed E-state index contributed by atoms with van der Waals surface area (Å²) in [6.45, 7) is 0.757. The molecule has 3 N–H and O–H groups in total. The van der Waals surface area contributed by atoms with Gasteiger partial charge in [-0.15, -0.1) is 0 Å². The molecular formula is C7H11N3S. The Hall–Kier alpha value is -1.03. The van der Waals surface area contributed by atoms with E-state index in [1.807, 2.05) is 5.38 Å². The van der Waals surface area contributed by atoms with Gasteiger partial charge in [0.05, 0.1) is 0 Å². The van der Waals surface area contributed by atoms with Gasteiger partial charge in [0.25, 0.3) is 0 Å².